The van der Waals surface area contributed by atoms with E-state index in [1.165, 1.54) is 92.9 Å². The number of benzene rings is 5. The fourth-order valence-corrected chi connectivity index (χ4v) is 9.11. The lowest BCUT2D eigenvalue weighted by molar-refractivity contribution is 0.660. The number of para-hydroxylation sites is 1. The first-order valence-corrected chi connectivity index (χ1v) is 17.4. The van der Waals surface area contributed by atoms with Gasteiger partial charge in [-0.3, -0.25) is 4.57 Å². The number of hydrogen-bond donors (Lipinski definition) is 0. The Morgan fingerprint density at radius 2 is 1.31 bits per heavy atom. The van der Waals surface area contributed by atoms with Crippen molar-refractivity contribution in [2.24, 2.45) is 0 Å². The van der Waals surface area contributed by atoms with Gasteiger partial charge in [0.2, 0.25) is 0 Å². The van der Waals surface area contributed by atoms with Crippen molar-refractivity contribution in [1.82, 2.24) is 14.0 Å². The Kier molecular flexibility index (Phi) is 5.29. The molecule has 232 valence electrons. The maximum Gasteiger partial charge on any atom is 0.138 e. The standard InChI is InChI=1S/C46H33N3/c1-46(2)38-16-8-5-12-32(38)37-25-28(20-22-39(37)46)29-23-24-47-43(27-29)49-41-18-10-7-15-35(41)36-21-19-30-26-42-34-14-4-3-11-31(34)33-13-6-9-17-40(33)48(42)44(30)45(36)49/h3-6,8-9,11-27H,7,10H2,1-2H3. The molecule has 0 saturated carbocycles. The number of rotatable bonds is 2. The highest BCUT2D eigenvalue weighted by molar-refractivity contribution is 6.18. The zero-order valence-corrected chi connectivity index (χ0v) is 27.5. The molecule has 4 aromatic heterocycles. The molecule has 2 aliphatic carbocycles. The summed E-state index contributed by atoms with van der Waals surface area (Å²) in [7, 11) is 0. The minimum Gasteiger partial charge on any atom is -0.307 e. The molecule has 0 unspecified atom stereocenters. The summed E-state index contributed by atoms with van der Waals surface area (Å²) in [5.74, 6) is 0.948. The van der Waals surface area contributed by atoms with E-state index in [1.54, 1.807) is 0 Å². The Bertz CT molecular complexity index is 3020. The van der Waals surface area contributed by atoms with Gasteiger partial charge in [0, 0.05) is 38.4 Å². The van der Waals surface area contributed by atoms with Crippen molar-refractivity contribution in [2.75, 3.05) is 0 Å². The van der Waals surface area contributed by atoms with Crippen LogP contribution in [0.1, 0.15) is 37.8 Å². The van der Waals surface area contributed by atoms with Crippen LogP contribution in [0.15, 0.2) is 128 Å². The molecule has 4 heterocycles. The molecule has 0 saturated heterocycles. The first kappa shape index (κ1) is 27.1. The topological polar surface area (TPSA) is 22.2 Å². The van der Waals surface area contributed by atoms with Crippen molar-refractivity contribution in [3.05, 3.63) is 149 Å². The van der Waals surface area contributed by atoms with Gasteiger partial charge in [0.05, 0.1) is 27.4 Å². The summed E-state index contributed by atoms with van der Waals surface area (Å²) in [6, 6.07) is 45.0. The van der Waals surface area contributed by atoms with Crippen molar-refractivity contribution >= 4 is 61.1 Å². The highest BCUT2D eigenvalue weighted by atomic mass is 15.1. The summed E-state index contributed by atoms with van der Waals surface area (Å²) in [4.78, 5) is 5.10. The van der Waals surface area contributed by atoms with Gasteiger partial charge in [0.15, 0.2) is 0 Å². The van der Waals surface area contributed by atoms with Gasteiger partial charge in [0.25, 0.3) is 0 Å². The zero-order valence-electron chi connectivity index (χ0n) is 27.5. The Hall–Kier alpha value is -5.93. The van der Waals surface area contributed by atoms with Gasteiger partial charge in [-0.25, -0.2) is 4.98 Å². The second-order valence-corrected chi connectivity index (χ2v) is 14.3. The minimum atomic E-state index is -0.00976. The third-order valence-corrected chi connectivity index (χ3v) is 11.4. The maximum absolute atomic E-state index is 5.10. The van der Waals surface area contributed by atoms with Crippen LogP contribution in [0, 0.1) is 0 Å². The molecule has 0 bridgehead atoms. The van der Waals surface area contributed by atoms with Gasteiger partial charge in [-0.15, -0.1) is 0 Å². The lowest BCUT2D eigenvalue weighted by Gasteiger charge is -2.21. The van der Waals surface area contributed by atoms with Crippen molar-refractivity contribution < 1.29 is 0 Å². The molecule has 0 aliphatic heterocycles. The second-order valence-electron chi connectivity index (χ2n) is 14.3. The van der Waals surface area contributed by atoms with Crippen LogP contribution in [-0.4, -0.2) is 14.0 Å². The van der Waals surface area contributed by atoms with Gasteiger partial charge in [0.1, 0.15) is 5.82 Å². The van der Waals surface area contributed by atoms with Gasteiger partial charge >= 0.3 is 0 Å². The van der Waals surface area contributed by atoms with E-state index in [0.717, 1.165) is 18.7 Å². The normalized spacial score (nSPS) is 14.7. The molecular formula is C46H33N3. The van der Waals surface area contributed by atoms with Crippen molar-refractivity contribution in [1.29, 1.82) is 0 Å². The predicted octanol–water partition coefficient (Wildman–Crippen LogP) is 10.1. The van der Waals surface area contributed by atoms with Crippen LogP contribution in [0.3, 0.4) is 0 Å². The molecule has 0 N–H and O–H groups in total. The van der Waals surface area contributed by atoms with E-state index in [0.29, 0.717) is 0 Å². The molecule has 11 rings (SSSR count). The van der Waals surface area contributed by atoms with Gasteiger partial charge < -0.3 is 4.40 Å². The third-order valence-electron chi connectivity index (χ3n) is 11.4. The monoisotopic (exact) mass is 627 g/mol. The van der Waals surface area contributed by atoms with E-state index in [9.17, 15) is 0 Å². The molecule has 3 nitrogen and oxygen atoms in total. The maximum atomic E-state index is 5.10. The summed E-state index contributed by atoms with van der Waals surface area (Å²) in [5.41, 5.74) is 12.8. The van der Waals surface area contributed by atoms with E-state index in [1.807, 2.05) is 6.20 Å². The quantitative estimate of drug-likeness (QED) is 0.175. The summed E-state index contributed by atoms with van der Waals surface area (Å²) in [5, 5.41) is 8.89. The molecule has 2 aliphatic rings. The molecule has 3 heteroatoms. The molecule has 9 aromatic rings. The minimum absolute atomic E-state index is 0.00976. The molecule has 0 radical (unpaired) electrons. The fraction of sp³-hybridized carbons (Fsp3) is 0.109. The molecule has 0 amide bonds. The molecular weight excluding hydrogens is 595 g/mol. The van der Waals surface area contributed by atoms with Gasteiger partial charge in [-0.05, 0) is 81.9 Å². The van der Waals surface area contributed by atoms with Crippen LogP contribution >= 0.6 is 0 Å². The average Bonchev–Trinajstić information content (AvgIpc) is 3.78. The summed E-state index contributed by atoms with van der Waals surface area (Å²) < 4.78 is 4.94. The van der Waals surface area contributed by atoms with E-state index >= 15 is 0 Å². The van der Waals surface area contributed by atoms with E-state index in [2.05, 4.69) is 156 Å². The van der Waals surface area contributed by atoms with E-state index in [4.69, 9.17) is 4.98 Å². The SMILES string of the molecule is CC1(C)c2ccccc2-c2cc(-c3ccnc(-n4c5c(c6ccc7cc8c9ccccc9c9ccccc9n8c7c64)=CCCC=5)c3)ccc21. The Morgan fingerprint density at radius 1 is 0.571 bits per heavy atom. The number of fused-ring (bicyclic) bond motifs is 15. The smallest absolute Gasteiger partial charge is 0.138 e. The summed E-state index contributed by atoms with van der Waals surface area (Å²) >= 11 is 0. The lowest BCUT2D eigenvalue weighted by atomic mass is 9.82. The largest absolute Gasteiger partial charge is 0.307 e. The Balaban J connectivity index is 1.22. The van der Waals surface area contributed by atoms with Gasteiger partial charge in [-0.2, -0.15) is 0 Å². The van der Waals surface area contributed by atoms with Crippen molar-refractivity contribution in [3.8, 4) is 28.1 Å². The van der Waals surface area contributed by atoms with Crippen molar-refractivity contribution in [3.63, 3.8) is 0 Å². The number of hydrogen-bond acceptors (Lipinski definition) is 1. The molecule has 49 heavy (non-hydrogen) atoms. The van der Waals surface area contributed by atoms with Crippen LogP contribution in [0.2, 0.25) is 0 Å². The first-order chi connectivity index (χ1) is 24.1. The predicted molar refractivity (Wildman–Crippen MR) is 205 cm³/mol. The number of pyridine rings is 2. The van der Waals surface area contributed by atoms with E-state index in [-0.39, 0.29) is 5.41 Å². The third kappa shape index (κ3) is 3.54. The van der Waals surface area contributed by atoms with Crippen LogP contribution < -0.4 is 10.6 Å². The highest BCUT2D eigenvalue weighted by Crippen LogP contribution is 2.49. The van der Waals surface area contributed by atoms with Crippen LogP contribution in [0.25, 0.3) is 89.2 Å². The lowest BCUT2D eigenvalue weighted by Crippen LogP contribution is -2.30. The molecule has 5 aromatic carbocycles. The Morgan fingerprint density at radius 3 is 2.20 bits per heavy atom. The van der Waals surface area contributed by atoms with Crippen molar-refractivity contribution in [2.45, 2.75) is 32.1 Å². The van der Waals surface area contributed by atoms with Crippen LogP contribution in [-0.2, 0) is 5.41 Å². The summed E-state index contributed by atoms with van der Waals surface area (Å²) in [6.45, 7) is 4.68. The second kappa shape index (κ2) is 9.58. The van der Waals surface area contributed by atoms with Crippen LogP contribution in [0.5, 0.6) is 0 Å². The average molecular weight is 628 g/mol. The molecule has 0 atom stereocenters. The molecule has 0 fully saturated rings. The number of nitrogens with zero attached hydrogens (tertiary/aromatic N) is 3. The molecule has 0 spiro atoms. The zero-order chi connectivity index (χ0) is 32.4. The fourth-order valence-electron chi connectivity index (χ4n) is 9.11. The highest BCUT2D eigenvalue weighted by Gasteiger charge is 2.35. The van der Waals surface area contributed by atoms with Crippen LogP contribution in [0.4, 0.5) is 0 Å². The first-order valence-electron chi connectivity index (χ1n) is 17.4. The number of aromatic nitrogens is 3. The Labute approximate surface area is 283 Å². The summed E-state index contributed by atoms with van der Waals surface area (Å²) in [6.07, 6.45) is 8.89. The van der Waals surface area contributed by atoms with Gasteiger partial charge in [-0.1, -0.05) is 117 Å². The van der Waals surface area contributed by atoms with E-state index < -0.39 is 0 Å².